The Bertz CT molecular complexity index is 1400. The molecule has 0 radical (unpaired) electrons. The van der Waals surface area contributed by atoms with E-state index < -0.39 is 8.32 Å². The fourth-order valence-electron chi connectivity index (χ4n) is 9.06. The van der Waals surface area contributed by atoms with Crippen molar-refractivity contribution in [3.8, 4) is 11.9 Å². The molecule has 0 aliphatic heterocycles. The number of hydrogen-bond donors (Lipinski definition) is 3. The second-order valence-corrected chi connectivity index (χ2v) is 21.6. The van der Waals surface area contributed by atoms with E-state index in [0.717, 1.165) is 48.3 Å². The smallest absolute Gasteiger partial charge is 0.224 e. The molecule has 2 aromatic rings. The summed E-state index contributed by atoms with van der Waals surface area (Å²) in [6, 6.07) is 6.80. The van der Waals surface area contributed by atoms with Gasteiger partial charge < -0.3 is 25.1 Å². The van der Waals surface area contributed by atoms with Crippen LogP contribution in [-0.4, -0.2) is 56.1 Å². The number of anilines is 2. The van der Waals surface area contributed by atoms with E-state index in [1.165, 1.54) is 64.3 Å². The van der Waals surface area contributed by atoms with Crippen LogP contribution >= 0.6 is 0 Å². The summed E-state index contributed by atoms with van der Waals surface area (Å²) in [6.07, 6.45) is 15.2. The average molecular weight is 660 g/mol. The molecule has 7 rings (SSSR count). The zero-order valence-corrected chi connectivity index (χ0v) is 30.6. The van der Waals surface area contributed by atoms with E-state index >= 15 is 0 Å². The summed E-state index contributed by atoms with van der Waals surface area (Å²) in [6.45, 7) is 15.3. The van der Waals surface area contributed by atoms with Gasteiger partial charge in [-0.1, -0.05) is 26.8 Å². The molecule has 5 aliphatic carbocycles. The van der Waals surface area contributed by atoms with Crippen LogP contribution in [-0.2, 0) is 11.0 Å². The molecule has 5 fully saturated rings. The number of nitriles is 1. The van der Waals surface area contributed by atoms with Crippen molar-refractivity contribution in [1.29, 1.82) is 5.26 Å². The van der Waals surface area contributed by atoms with Crippen molar-refractivity contribution in [1.82, 2.24) is 20.3 Å². The zero-order chi connectivity index (χ0) is 33.2. The maximum absolute atomic E-state index is 9.82. The van der Waals surface area contributed by atoms with E-state index in [-0.39, 0.29) is 10.5 Å². The second-order valence-electron chi connectivity index (χ2n) is 16.8. The summed E-state index contributed by atoms with van der Waals surface area (Å²) in [7, 11) is -0.0437. The van der Waals surface area contributed by atoms with Crippen LogP contribution in [0.25, 0.3) is 0 Å². The number of nitrogens with one attached hydrogen (secondary N) is 3. The molecule has 3 N–H and O–H groups in total. The molecule has 1 unspecified atom stereocenters. The molecule has 9 nitrogen and oxygen atoms in total. The Labute approximate surface area is 283 Å². The Morgan fingerprint density at radius 2 is 1.74 bits per heavy atom. The van der Waals surface area contributed by atoms with Crippen LogP contribution < -0.4 is 20.7 Å². The van der Waals surface area contributed by atoms with E-state index in [2.05, 4.69) is 65.9 Å². The minimum Gasteiger partial charge on any atom is -0.481 e. The standard InChI is InChI=1S/C37H57N7O2Si/c1-36(2,3)47(5,6)46-23-26-11-9-25(10-12-26)20-40-32-29-14-27-15-30(32)18-37(16-27,17-29)24-43-33-31(19-38)22-42-35(44-33)41-21-28-8-7-13-39-34(28)45-4/h7-8,13,22,25-27,29-30,32,40H,9-12,14-18,20-21,23-24H2,1-6H3,(H2,41,42,43,44)/t25-,26-,27?,29-,30+,32-,37-. The fourth-order valence-corrected chi connectivity index (χ4v) is 10.1. The molecule has 0 spiro atoms. The van der Waals surface area contributed by atoms with Crippen molar-refractivity contribution >= 4 is 20.1 Å². The average Bonchev–Trinajstić information content (AvgIpc) is 3.05. The van der Waals surface area contributed by atoms with Crippen LogP contribution in [0.5, 0.6) is 5.88 Å². The third-order valence-corrected chi connectivity index (χ3v) is 17.0. The van der Waals surface area contributed by atoms with Gasteiger partial charge in [-0.3, -0.25) is 0 Å². The Kier molecular flexibility index (Phi) is 10.2. The minimum absolute atomic E-state index is 0.283. The fraction of sp³-hybridized carbons (Fsp3) is 0.730. The van der Waals surface area contributed by atoms with Crippen LogP contribution in [0.1, 0.15) is 89.7 Å². The summed E-state index contributed by atoms with van der Waals surface area (Å²) < 4.78 is 12.0. The van der Waals surface area contributed by atoms with Gasteiger partial charge in [0.1, 0.15) is 17.5 Å². The summed E-state index contributed by atoms with van der Waals surface area (Å²) in [5.41, 5.74) is 1.69. The molecule has 47 heavy (non-hydrogen) atoms. The van der Waals surface area contributed by atoms with E-state index in [9.17, 15) is 5.26 Å². The lowest BCUT2D eigenvalue weighted by atomic mass is 9.48. The number of hydrogen-bond acceptors (Lipinski definition) is 9. The van der Waals surface area contributed by atoms with Gasteiger partial charge in [0, 0.05) is 37.5 Å². The molecule has 10 heteroatoms. The first-order valence-electron chi connectivity index (χ1n) is 18.1. The summed E-state index contributed by atoms with van der Waals surface area (Å²) in [5, 5.41) is 21.2. The van der Waals surface area contributed by atoms with Gasteiger partial charge >= 0.3 is 0 Å². The Morgan fingerprint density at radius 3 is 2.43 bits per heavy atom. The molecule has 4 bridgehead atoms. The molecule has 5 aliphatic rings. The van der Waals surface area contributed by atoms with Crippen LogP contribution in [0, 0.1) is 46.3 Å². The van der Waals surface area contributed by atoms with Crippen LogP contribution in [0.4, 0.5) is 11.8 Å². The zero-order valence-electron chi connectivity index (χ0n) is 29.6. The third kappa shape index (κ3) is 7.78. The predicted molar refractivity (Wildman–Crippen MR) is 190 cm³/mol. The third-order valence-electron chi connectivity index (χ3n) is 12.5. The van der Waals surface area contributed by atoms with Crippen molar-refractivity contribution in [2.45, 2.75) is 109 Å². The molecule has 0 amide bonds. The first-order chi connectivity index (χ1) is 22.5. The topological polar surface area (TPSA) is 117 Å². The van der Waals surface area contributed by atoms with Crippen molar-refractivity contribution in [3.05, 3.63) is 35.7 Å². The van der Waals surface area contributed by atoms with E-state index in [1.807, 2.05) is 12.1 Å². The van der Waals surface area contributed by atoms with Gasteiger partial charge in [-0.2, -0.15) is 10.2 Å². The normalized spacial score (nSPS) is 30.1. The SMILES string of the molecule is COc1ncccc1CNc1ncc(C#N)c(NC[C@]23CC4C[C@H](C2)[C@@H](NC[C@H]2CC[C@H](CO[Si](C)(C)C(C)(C)C)CC2)[C@@H](C4)C3)n1. The maximum Gasteiger partial charge on any atom is 0.224 e. The number of aromatic nitrogens is 3. The lowest BCUT2D eigenvalue weighted by Gasteiger charge is -2.60. The molecule has 2 aromatic heterocycles. The van der Waals surface area contributed by atoms with Crippen molar-refractivity contribution < 1.29 is 9.16 Å². The number of pyridine rings is 1. The highest BCUT2D eigenvalue weighted by Crippen LogP contribution is 2.60. The first kappa shape index (κ1) is 34.1. The molecular formula is C37H57N7O2Si. The second kappa shape index (κ2) is 14.0. The molecule has 5 atom stereocenters. The van der Waals surface area contributed by atoms with Crippen LogP contribution in [0.3, 0.4) is 0 Å². The molecule has 2 heterocycles. The van der Waals surface area contributed by atoms with E-state index in [0.29, 0.717) is 35.8 Å². The van der Waals surface area contributed by atoms with Crippen molar-refractivity contribution in [2.75, 3.05) is 37.4 Å². The number of ether oxygens (including phenoxy) is 1. The predicted octanol–water partition coefficient (Wildman–Crippen LogP) is 7.39. The van der Waals surface area contributed by atoms with Gasteiger partial charge in [-0.05, 0) is 124 Å². The number of nitrogens with zero attached hydrogens (tertiary/aromatic N) is 4. The lowest BCUT2D eigenvalue weighted by molar-refractivity contribution is -0.0703. The molecular weight excluding hydrogens is 603 g/mol. The number of rotatable bonds is 13. The van der Waals surface area contributed by atoms with E-state index in [1.54, 1.807) is 19.5 Å². The van der Waals surface area contributed by atoms with Crippen molar-refractivity contribution in [2.24, 2.45) is 35.0 Å². The molecule has 0 aromatic carbocycles. The van der Waals surface area contributed by atoms with Gasteiger partial charge in [0.15, 0.2) is 8.32 Å². The summed E-state index contributed by atoms with van der Waals surface area (Å²) in [4.78, 5) is 13.4. The highest BCUT2D eigenvalue weighted by Gasteiger charge is 2.55. The van der Waals surface area contributed by atoms with Gasteiger partial charge in [-0.25, -0.2) is 9.97 Å². The Morgan fingerprint density at radius 1 is 1.02 bits per heavy atom. The largest absolute Gasteiger partial charge is 0.481 e. The quantitative estimate of drug-likeness (QED) is 0.189. The molecule has 256 valence electrons. The summed E-state index contributed by atoms with van der Waals surface area (Å²) >= 11 is 0. The van der Waals surface area contributed by atoms with Gasteiger partial charge in [0.05, 0.1) is 13.3 Å². The Hall–Kier alpha value is -2.74. The van der Waals surface area contributed by atoms with Gasteiger partial charge in [0.2, 0.25) is 11.8 Å². The van der Waals surface area contributed by atoms with Crippen LogP contribution in [0.15, 0.2) is 24.5 Å². The highest BCUT2D eigenvalue weighted by atomic mass is 28.4. The van der Waals surface area contributed by atoms with Crippen molar-refractivity contribution in [3.63, 3.8) is 0 Å². The number of methoxy groups -OCH3 is 1. The maximum atomic E-state index is 9.82. The van der Waals surface area contributed by atoms with E-state index in [4.69, 9.17) is 14.1 Å². The van der Waals surface area contributed by atoms with Gasteiger partial charge in [0.25, 0.3) is 0 Å². The monoisotopic (exact) mass is 659 g/mol. The summed E-state index contributed by atoms with van der Waals surface area (Å²) in [5.74, 6) is 5.57. The molecule has 0 saturated heterocycles. The molecule has 5 saturated carbocycles. The Balaban J connectivity index is 0.995. The highest BCUT2D eigenvalue weighted by molar-refractivity contribution is 6.74. The van der Waals surface area contributed by atoms with Gasteiger partial charge in [-0.15, -0.1) is 0 Å². The minimum atomic E-state index is -1.66. The first-order valence-corrected chi connectivity index (χ1v) is 21.0. The lowest BCUT2D eigenvalue weighted by Crippen LogP contribution is -2.60. The van der Waals surface area contributed by atoms with Crippen LogP contribution in [0.2, 0.25) is 18.1 Å².